The molecule has 52 valence electrons. The molecule has 0 fully saturated rings. The second kappa shape index (κ2) is 3.54. The van der Waals surface area contributed by atoms with Crippen molar-refractivity contribution in [3.63, 3.8) is 0 Å². The molecule has 0 saturated carbocycles. The molecule has 10 heavy (non-hydrogen) atoms. The summed E-state index contributed by atoms with van der Waals surface area (Å²) in [5, 5.41) is 3.52. The Morgan fingerprint density at radius 1 is 1.40 bits per heavy atom. The molecule has 0 amide bonds. The first-order valence-corrected chi connectivity index (χ1v) is 3.64. The fraction of sp³-hybridized carbons (Fsp3) is 0. The first-order valence-electron chi connectivity index (χ1n) is 2.79. The molecule has 0 heterocycles. The standard InChI is InChI=1S/C7H6ClNS/c8-6-3-1-2-4-7(6)9-5-10/h1-5H,(H,9,10). The molecule has 0 bridgehead atoms. The summed E-state index contributed by atoms with van der Waals surface area (Å²) in [6, 6.07) is 7.44. The number of hydrogen-bond acceptors (Lipinski definition) is 1. The predicted octanol–water partition coefficient (Wildman–Crippen LogP) is 2.71. The van der Waals surface area contributed by atoms with Crippen LogP contribution in [0.4, 0.5) is 5.69 Å². The lowest BCUT2D eigenvalue weighted by Gasteiger charge is -1.99. The zero-order valence-corrected chi connectivity index (χ0v) is 6.75. The number of para-hydroxylation sites is 1. The summed E-state index contributed by atoms with van der Waals surface area (Å²) in [6.07, 6.45) is 0. The molecule has 0 radical (unpaired) electrons. The van der Waals surface area contributed by atoms with Gasteiger partial charge in [0.05, 0.1) is 16.2 Å². The Bertz CT molecular complexity index is 237. The average molecular weight is 172 g/mol. The van der Waals surface area contributed by atoms with Gasteiger partial charge in [-0.15, -0.1) is 0 Å². The summed E-state index contributed by atoms with van der Waals surface area (Å²) >= 11 is 10.4. The van der Waals surface area contributed by atoms with Crippen LogP contribution in [0.2, 0.25) is 5.02 Å². The minimum Gasteiger partial charge on any atom is -0.351 e. The summed E-state index contributed by atoms with van der Waals surface area (Å²) < 4.78 is 0. The van der Waals surface area contributed by atoms with Crippen LogP contribution in [0.15, 0.2) is 24.3 Å². The highest BCUT2D eigenvalue weighted by molar-refractivity contribution is 7.79. The van der Waals surface area contributed by atoms with Gasteiger partial charge in [-0.25, -0.2) is 0 Å². The number of thiocarbonyl (C=S) groups is 1. The summed E-state index contributed by atoms with van der Waals surface area (Å²) in [7, 11) is 0. The van der Waals surface area contributed by atoms with Gasteiger partial charge in [0.25, 0.3) is 0 Å². The number of hydrogen-bond donors (Lipinski definition) is 1. The average Bonchev–Trinajstić information content (AvgIpc) is 1.94. The van der Waals surface area contributed by atoms with Crippen LogP contribution < -0.4 is 5.32 Å². The molecular formula is C7H6ClNS. The van der Waals surface area contributed by atoms with E-state index in [1.165, 1.54) is 5.49 Å². The Morgan fingerprint density at radius 2 is 2.10 bits per heavy atom. The number of benzene rings is 1. The molecule has 1 aromatic carbocycles. The van der Waals surface area contributed by atoms with E-state index in [-0.39, 0.29) is 0 Å². The summed E-state index contributed by atoms with van der Waals surface area (Å²) in [6.45, 7) is 0. The Morgan fingerprint density at radius 3 is 2.70 bits per heavy atom. The number of anilines is 1. The van der Waals surface area contributed by atoms with Gasteiger partial charge in [0.15, 0.2) is 0 Å². The van der Waals surface area contributed by atoms with Crippen molar-refractivity contribution in [1.29, 1.82) is 0 Å². The third kappa shape index (κ3) is 1.69. The van der Waals surface area contributed by atoms with E-state index in [1.807, 2.05) is 24.3 Å². The lowest BCUT2D eigenvalue weighted by molar-refractivity contribution is 1.66. The Hall–Kier alpha value is -0.600. The van der Waals surface area contributed by atoms with Crippen molar-refractivity contribution in [3.05, 3.63) is 29.3 Å². The monoisotopic (exact) mass is 171 g/mol. The summed E-state index contributed by atoms with van der Waals surface area (Å²) in [5.41, 5.74) is 2.28. The van der Waals surface area contributed by atoms with Gasteiger partial charge in [-0.2, -0.15) is 0 Å². The first-order chi connectivity index (χ1) is 4.84. The first kappa shape index (κ1) is 7.51. The van der Waals surface area contributed by atoms with Crippen molar-refractivity contribution in [2.24, 2.45) is 0 Å². The van der Waals surface area contributed by atoms with E-state index in [0.29, 0.717) is 5.02 Å². The SMILES string of the molecule is S=CNc1ccccc1Cl. The predicted molar refractivity (Wildman–Crippen MR) is 48.7 cm³/mol. The van der Waals surface area contributed by atoms with Crippen LogP contribution in [-0.2, 0) is 0 Å². The molecular weight excluding hydrogens is 166 g/mol. The van der Waals surface area contributed by atoms with Gasteiger partial charge in [0, 0.05) is 0 Å². The van der Waals surface area contributed by atoms with Crippen molar-refractivity contribution in [1.82, 2.24) is 0 Å². The molecule has 1 nitrogen and oxygen atoms in total. The van der Waals surface area contributed by atoms with Crippen molar-refractivity contribution < 1.29 is 0 Å². The maximum atomic E-state index is 5.77. The highest BCUT2D eigenvalue weighted by atomic mass is 35.5. The van der Waals surface area contributed by atoms with E-state index in [0.717, 1.165) is 5.69 Å². The quantitative estimate of drug-likeness (QED) is 0.687. The van der Waals surface area contributed by atoms with Gasteiger partial charge in [-0.05, 0) is 12.1 Å². The van der Waals surface area contributed by atoms with Crippen molar-refractivity contribution in [2.75, 3.05) is 5.32 Å². The molecule has 0 atom stereocenters. The normalized spacial score (nSPS) is 8.90. The molecule has 0 unspecified atom stereocenters. The van der Waals surface area contributed by atoms with Gasteiger partial charge in [0.1, 0.15) is 0 Å². The van der Waals surface area contributed by atoms with Crippen LogP contribution in [0.3, 0.4) is 0 Å². The van der Waals surface area contributed by atoms with Gasteiger partial charge < -0.3 is 5.32 Å². The highest BCUT2D eigenvalue weighted by Crippen LogP contribution is 2.19. The number of halogens is 1. The van der Waals surface area contributed by atoms with Crippen LogP contribution in [0.5, 0.6) is 0 Å². The summed E-state index contributed by atoms with van der Waals surface area (Å²) in [4.78, 5) is 0. The van der Waals surface area contributed by atoms with Crippen LogP contribution in [0.25, 0.3) is 0 Å². The molecule has 0 aromatic heterocycles. The van der Waals surface area contributed by atoms with Gasteiger partial charge in [-0.1, -0.05) is 36.0 Å². The maximum absolute atomic E-state index is 5.77. The Labute approximate surface area is 70.0 Å². The van der Waals surface area contributed by atoms with Crippen molar-refractivity contribution in [3.8, 4) is 0 Å². The zero-order chi connectivity index (χ0) is 7.40. The van der Waals surface area contributed by atoms with E-state index in [4.69, 9.17) is 11.6 Å². The van der Waals surface area contributed by atoms with Gasteiger partial charge in [-0.3, -0.25) is 0 Å². The van der Waals surface area contributed by atoms with E-state index < -0.39 is 0 Å². The minimum absolute atomic E-state index is 0.684. The smallest absolute Gasteiger partial charge is 0.0659 e. The van der Waals surface area contributed by atoms with Crippen molar-refractivity contribution >= 4 is 35.0 Å². The van der Waals surface area contributed by atoms with E-state index in [9.17, 15) is 0 Å². The second-order valence-electron chi connectivity index (χ2n) is 1.74. The molecule has 1 aromatic rings. The third-order valence-electron chi connectivity index (χ3n) is 1.09. The fourth-order valence-electron chi connectivity index (χ4n) is 0.642. The number of nitrogens with one attached hydrogen (secondary N) is 1. The molecule has 3 heteroatoms. The maximum Gasteiger partial charge on any atom is 0.0659 e. The Balaban J connectivity index is 2.91. The second-order valence-corrected chi connectivity index (χ2v) is 2.38. The van der Waals surface area contributed by atoms with Crippen LogP contribution >= 0.6 is 23.8 Å². The third-order valence-corrected chi connectivity index (χ3v) is 1.54. The summed E-state index contributed by atoms with van der Waals surface area (Å²) in [5.74, 6) is 0. The fourth-order valence-corrected chi connectivity index (χ4v) is 0.959. The lowest BCUT2D eigenvalue weighted by Crippen LogP contribution is -1.91. The number of rotatable bonds is 2. The van der Waals surface area contributed by atoms with Gasteiger partial charge in [0.2, 0.25) is 0 Å². The molecule has 0 spiro atoms. The molecule has 0 saturated heterocycles. The minimum atomic E-state index is 0.684. The molecule has 1 N–H and O–H groups in total. The Kier molecular flexibility index (Phi) is 2.66. The van der Waals surface area contributed by atoms with Gasteiger partial charge >= 0.3 is 0 Å². The lowest BCUT2D eigenvalue weighted by atomic mass is 10.3. The molecule has 1 rings (SSSR count). The van der Waals surface area contributed by atoms with Crippen LogP contribution in [0, 0.1) is 0 Å². The van der Waals surface area contributed by atoms with Crippen LogP contribution in [0.1, 0.15) is 0 Å². The van der Waals surface area contributed by atoms with E-state index in [1.54, 1.807) is 0 Å². The molecule has 0 aliphatic rings. The largest absolute Gasteiger partial charge is 0.351 e. The topological polar surface area (TPSA) is 12.0 Å². The van der Waals surface area contributed by atoms with E-state index >= 15 is 0 Å². The van der Waals surface area contributed by atoms with Crippen LogP contribution in [-0.4, -0.2) is 5.49 Å². The molecule has 0 aliphatic carbocycles. The van der Waals surface area contributed by atoms with E-state index in [2.05, 4.69) is 17.5 Å². The molecule has 0 aliphatic heterocycles. The van der Waals surface area contributed by atoms with Crippen molar-refractivity contribution in [2.45, 2.75) is 0 Å². The highest BCUT2D eigenvalue weighted by Gasteiger charge is 1.92. The zero-order valence-electron chi connectivity index (χ0n) is 5.17.